The third-order valence-electron chi connectivity index (χ3n) is 4.12. The van der Waals surface area contributed by atoms with Gasteiger partial charge >= 0.3 is 0 Å². The van der Waals surface area contributed by atoms with E-state index in [2.05, 4.69) is 35.5 Å². The average molecular weight is 352 g/mol. The van der Waals surface area contributed by atoms with Gasteiger partial charge in [0, 0.05) is 18.5 Å². The second kappa shape index (κ2) is 9.00. The lowest BCUT2D eigenvalue weighted by molar-refractivity contribution is 0.503. The second-order valence-electron chi connectivity index (χ2n) is 6.76. The van der Waals surface area contributed by atoms with Gasteiger partial charge in [-0.25, -0.2) is 9.38 Å². The fraction of sp³-hybridized carbons (Fsp3) is 0.333. The van der Waals surface area contributed by atoms with E-state index in [4.69, 9.17) is 5.26 Å². The molecule has 0 radical (unpaired) electrons. The molecule has 4 nitrogen and oxygen atoms in total. The van der Waals surface area contributed by atoms with Gasteiger partial charge in [0.1, 0.15) is 5.82 Å². The fourth-order valence-electron chi connectivity index (χ4n) is 2.57. The molecule has 0 aliphatic carbocycles. The number of guanidine groups is 1. The van der Waals surface area contributed by atoms with Crippen LogP contribution in [-0.4, -0.2) is 19.0 Å². The smallest absolute Gasteiger partial charge is 0.191 e. The Morgan fingerprint density at radius 2 is 1.92 bits per heavy atom. The van der Waals surface area contributed by atoms with Crippen molar-refractivity contribution in [3.05, 3.63) is 71.0 Å². The van der Waals surface area contributed by atoms with E-state index in [-0.39, 0.29) is 11.2 Å². The van der Waals surface area contributed by atoms with E-state index >= 15 is 0 Å². The molecule has 0 saturated heterocycles. The van der Waals surface area contributed by atoms with Crippen molar-refractivity contribution in [3.63, 3.8) is 0 Å². The van der Waals surface area contributed by atoms with Crippen LogP contribution in [0.2, 0.25) is 0 Å². The van der Waals surface area contributed by atoms with Crippen molar-refractivity contribution in [2.24, 2.45) is 4.99 Å². The van der Waals surface area contributed by atoms with Crippen molar-refractivity contribution in [2.75, 3.05) is 13.1 Å². The topological polar surface area (TPSA) is 60.2 Å². The summed E-state index contributed by atoms with van der Waals surface area (Å²) in [7, 11) is 0. The standard InChI is InChI=1S/C21H25FN4/c1-4-24-20(25-14-17-8-5-7-16(11-17)13-23)26-15-21(2,3)18-9-6-10-19(22)12-18/h5-12H,4,14-15H2,1-3H3,(H2,24,25,26). The highest BCUT2D eigenvalue weighted by Crippen LogP contribution is 2.22. The summed E-state index contributed by atoms with van der Waals surface area (Å²) in [4.78, 5) is 4.58. The second-order valence-corrected chi connectivity index (χ2v) is 6.76. The van der Waals surface area contributed by atoms with Crippen LogP contribution in [0, 0.1) is 17.1 Å². The molecule has 0 unspecified atom stereocenters. The number of halogens is 1. The molecule has 0 aliphatic rings. The van der Waals surface area contributed by atoms with Crippen LogP contribution >= 0.6 is 0 Å². The van der Waals surface area contributed by atoms with E-state index in [1.807, 2.05) is 31.2 Å². The molecule has 0 amide bonds. The third kappa shape index (κ3) is 5.59. The highest BCUT2D eigenvalue weighted by atomic mass is 19.1. The predicted molar refractivity (Wildman–Crippen MR) is 103 cm³/mol. The van der Waals surface area contributed by atoms with E-state index < -0.39 is 0 Å². The Kier molecular flexibility index (Phi) is 6.74. The number of nitrogens with one attached hydrogen (secondary N) is 2. The van der Waals surface area contributed by atoms with E-state index in [1.54, 1.807) is 18.2 Å². The number of nitrogens with zero attached hydrogens (tertiary/aromatic N) is 2. The largest absolute Gasteiger partial charge is 0.357 e. The fourth-order valence-corrected chi connectivity index (χ4v) is 2.57. The lowest BCUT2D eigenvalue weighted by Crippen LogP contribution is -2.43. The molecular weight excluding hydrogens is 327 g/mol. The number of benzene rings is 2. The molecule has 0 spiro atoms. The molecule has 2 aromatic rings. The molecule has 0 bridgehead atoms. The monoisotopic (exact) mass is 352 g/mol. The molecule has 0 fully saturated rings. The Bertz CT molecular complexity index is 806. The van der Waals surface area contributed by atoms with E-state index in [1.165, 1.54) is 6.07 Å². The van der Waals surface area contributed by atoms with Crippen molar-refractivity contribution < 1.29 is 4.39 Å². The zero-order valence-corrected chi connectivity index (χ0v) is 15.5. The highest BCUT2D eigenvalue weighted by Gasteiger charge is 2.21. The first-order valence-electron chi connectivity index (χ1n) is 8.72. The van der Waals surface area contributed by atoms with Crippen molar-refractivity contribution in [2.45, 2.75) is 32.7 Å². The minimum Gasteiger partial charge on any atom is -0.357 e. The number of rotatable bonds is 6. The number of aliphatic imine (C=N–C) groups is 1. The summed E-state index contributed by atoms with van der Waals surface area (Å²) >= 11 is 0. The maximum atomic E-state index is 13.5. The van der Waals surface area contributed by atoms with Gasteiger partial charge in [0.25, 0.3) is 0 Å². The molecule has 2 N–H and O–H groups in total. The summed E-state index contributed by atoms with van der Waals surface area (Å²) in [5.74, 6) is 0.466. The van der Waals surface area contributed by atoms with Crippen LogP contribution in [0.1, 0.15) is 37.5 Å². The lowest BCUT2D eigenvalue weighted by Gasteiger charge is -2.27. The minimum absolute atomic E-state index is 0.228. The van der Waals surface area contributed by atoms with Gasteiger partial charge in [-0.2, -0.15) is 5.26 Å². The first-order valence-corrected chi connectivity index (χ1v) is 8.72. The molecule has 0 saturated carbocycles. The van der Waals surface area contributed by atoms with Crippen LogP contribution < -0.4 is 10.6 Å². The van der Waals surface area contributed by atoms with Crippen molar-refractivity contribution in [3.8, 4) is 6.07 Å². The van der Waals surface area contributed by atoms with Crippen molar-refractivity contribution in [1.29, 1.82) is 5.26 Å². The van der Waals surface area contributed by atoms with Crippen LogP contribution in [0.5, 0.6) is 0 Å². The maximum absolute atomic E-state index is 13.5. The van der Waals surface area contributed by atoms with Gasteiger partial charge in [0.05, 0.1) is 18.2 Å². The van der Waals surface area contributed by atoms with Crippen LogP contribution in [-0.2, 0) is 12.0 Å². The zero-order valence-electron chi connectivity index (χ0n) is 15.5. The predicted octanol–water partition coefficient (Wildman–Crippen LogP) is 3.73. The number of hydrogen-bond acceptors (Lipinski definition) is 2. The SMILES string of the molecule is CCNC(=NCc1cccc(C#N)c1)NCC(C)(C)c1cccc(F)c1. The van der Waals surface area contributed by atoms with Gasteiger partial charge in [-0.1, -0.05) is 38.1 Å². The Balaban J connectivity index is 2.06. The third-order valence-corrected chi connectivity index (χ3v) is 4.12. The molecule has 26 heavy (non-hydrogen) atoms. The summed E-state index contributed by atoms with van der Waals surface area (Å²) in [6, 6.07) is 16.2. The first-order chi connectivity index (χ1) is 12.4. The average Bonchev–Trinajstić information content (AvgIpc) is 2.64. The molecule has 0 aliphatic heterocycles. The van der Waals surface area contributed by atoms with Crippen molar-refractivity contribution >= 4 is 5.96 Å². The molecule has 136 valence electrons. The number of nitriles is 1. The van der Waals surface area contributed by atoms with Crippen LogP contribution in [0.25, 0.3) is 0 Å². The molecule has 0 aromatic heterocycles. The Morgan fingerprint density at radius 3 is 2.62 bits per heavy atom. The zero-order chi connectivity index (χ0) is 19.0. The lowest BCUT2D eigenvalue weighted by atomic mass is 9.84. The summed E-state index contributed by atoms with van der Waals surface area (Å²) in [6.07, 6.45) is 0. The summed E-state index contributed by atoms with van der Waals surface area (Å²) in [5, 5.41) is 15.5. The van der Waals surface area contributed by atoms with Gasteiger partial charge in [0.15, 0.2) is 5.96 Å². The molecule has 5 heteroatoms. The quantitative estimate of drug-likeness (QED) is 0.615. The minimum atomic E-state index is -0.251. The molecule has 0 atom stereocenters. The number of hydrogen-bond donors (Lipinski definition) is 2. The Hall–Kier alpha value is -2.87. The Morgan fingerprint density at radius 1 is 1.15 bits per heavy atom. The maximum Gasteiger partial charge on any atom is 0.191 e. The van der Waals surface area contributed by atoms with Gasteiger partial charge in [-0.05, 0) is 42.3 Å². The highest BCUT2D eigenvalue weighted by molar-refractivity contribution is 5.79. The summed E-state index contributed by atoms with van der Waals surface area (Å²) < 4.78 is 13.5. The van der Waals surface area contributed by atoms with Crippen LogP contribution in [0.15, 0.2) is 53.5 Å². The van der Waals surface area contributed by atoms with Crippen molar-refractivity contribution in [1.82, 2.24) is 10.6 Å². The van der Waals surface area contributed by atoms with Gasteiger partial charge in [0.2, 0.25) is 0 Å². The summed E-state index contributed by atoms with van der Waals surface area (Å²) in [5.41, 5.74) is 2.29. The molecule has 2 aromatic carbocycles. The molecule has 2 rings (SSSR count). The van der Waals surface area contributed by atoms with Crippen LogP contribution in [0.4, 0.5) is 4.39 Å². The summed E-state index contributed by atoms with van der Waals surface area (Å²) in [6.45, 7) is 7.96. The van der Waals surface area contributed by atoms with E-state index in [0.717, 1.165) is 17.7 Å². The first kappa shape index (κ1) is 19.5. The van der Waals surface area contributed by atoms with Gasteiger partial charge in [-0.15, -0.1) is 0 Å². The van der Waals surface area contributed by atoms with Gasteiger partial charge in [-0.3, -0.25) is 0 Å². The van der Waals surface area contributed by atoms with E-state index in [9.17, 15) is 4.39 Å². The normalized spacial score (nSPS) is 11.7. The molecule has 0 heterocycles. The van der Waals surface area contributed by atoms with E-state index in [0.29, 0.717) is 24.6 Å². The van der Waals surface area contributed by atoms with Crippen LogP contribution in [0.3, 0.4) is 0 Å². The molecular formula is C21H25FN4. The Labute approximate surface area is 154 Å². The van der Waals surface area contributed by atoms with Gasteiger partial charge < -0.3 is 10.6 Å².